The van der Waals surface area contributed by atoms with E-state index in [4.69, 9.17) is 39.8 Å². The molecule has 19 heavy (non-hydrogen) atoms. The van der Waals surface area contributed by atoms with Gasteiger partial charge in [-0.05, 0) is 12.3 Å². The first-order valence-electron chi connectivity index (χ1n) is 5.77. The van der Waals surface area contributed by atoms with Gasteiger partial charge in [0.15, 0.2) is 17.9 Å². The van der Waals surface area contributed by atoms with Crippen LogP contribution in [0.2, 0.25) is 0 Å². The maximum atomic E-state index is 7.13. The van der Waals surface area contributed by atoms with Gasteiger partial charge in [0.05, 0.1) is 6.54 Å². The van der Waals surface area contributed by atoms with Crippen molar-refractivity contribution in [3.05, 3.63) is 0 Å². The summed E-state index contributed by atoms with van der Waals surface area (Å²) < 4.78 is 0. The van der Waals surface area contributed by atoms with E-state index in [1.807, 2.05) is 0 Å². The molecule has 10 heteroatoms. The second-order valence-electron chi connectivity index (χ2n) is 4.08. The van der Waals surface area contributed by atoms with Gasteiger partial charge in [0.25, 0.3) is 0 Å². The molecule has 0 amide bonds. The highest BCUT2D eigenvalue weighted by molar-refractivity contribution is 5.76. The molecule has 0 fully saturated rings. The van der Waals surface area contributed by atoms with E-state index in [-0.39, 0.29) is 36.4 Å². The Hall–Kier alpha value is -2.23. The fourth-order valence-electron chi connectivity index (χ4n) is 1.43. The summed E-state index contributed by atoms with van der Waals surface area (Å²) in [6.45, 7) is 1.15. The first-order valence-corrected chi connectivity index (χ1v) is 5.77. The zero-order valence-electron chi connectivity index (χ0n) is 10.8. The summed E-state index contributed by atoms with van der Waals surface area (Å²) in [7, 11) is 0. The topological polar surface area (TPSA) is 217 Å². The van der Waals surface area contributed by atoms with Crippen LogP contribution in [0.4, 0.5) is 0 Å². The highest BCUT2D eigenvalue weighted by Gasteiger charge is 2.17. The van der Waals surface area contributed by atoms with Crippen LogP contribution in [0.3, 0.4) is 0 Å². The number of aliphatic imine (C=N–C) groups is 2. The molecule has 0 aromatic heterocycles. The van der Waals surface area contributed by atoms with Crippen LogP contribution in [0.15, 0.2) is 9.98 Å². The minimum atomic E-state index is -0.289. The third-order valence-electron chi connectivity index (χ3n) is 2.44. The molecule has 0 saturated heterocycles. The molecule has 0 aliphatic carbocycles. The highest BCUT2D eigenvalue weighted by Crippen LogP contribution is 2.07. The molecule has 0 saturated carbocycles. The highest BCUT2D eigenvalue weighted by atomic mass is 15.1. The van der Waals surface area contributed by atoms with Crippen LogP contribution in [0.1, 0.15) is 6.42 Å². The maximum absolute atomic E-state index is 7.13. The van der Waals surface area contributed by atoms with Crippen molar-refractivity contribution in [3.63, 3.8) is 0 Å². The predicted octanol–water partition coefficient (Wildman–Crippen LogP) is -3.65. The van der Waals surface area contributed by atoms with Gasteiger partial charge >= 0.3 is 0 Å². The van der Waals surface area contributed by atoms with Gasteiger partial charge in [-0.3, -0.25) is 15.4 Å². The first kappa shape index (κ1) is 16.8. The van der Waals surface area contributed by atoms with Crippen LogP contribution >= 0.6 is 0 Å². The lowest BCUT2D eigenvalue weighted by molar-refractivity contribution is 0.399. The summed E-state index contributed by atoms with van der Waals surface area (Å²) in [5.41, 5.74) is 32.2. The lowest BCUT2D eigenvalue weighted by atomic mass is 9.96. The van der Waals surface area contributed by atoms with Crippen LogP contribution in [-0.2, 0) is 0 Å². The Balaban J connectivity index is 4.41. The Kier molecular flexibility index (Phi) is 7.77. The van der Waals surface area contributed by atoms with Crippen LogP contribution in [-0.4, -0.2) is 43.6 Å². The van der Waals surface area contributed by atoms with Crippen molar-refractivity contribution in [2.75, 3.05) is 19.6 Å². The van der Waals surface area contributed by atoms with Crippen LogP contribution in [0.5, 0.6) is 0 Å². The molecule has 14 N–H and O–H groups in total. The molecular formula is C9H24N10. The lowest BCUT2D eigenvalue weighted by Crippen LogP contribution is -2.43. The Labute approximate surface area is 112 Å². The molecule has 10 nitrogen and oxygen atoms in total. The summed E-state index contributed by atoms with van der Waals surface area (Å²) in [4.78, 5) is 7.75. The van der Waals surface area contributed by atoms with Gasteiger partial charge in [0, 0.05) is 19.1 Å². The van der Waals surface area contributed by atoms with Crippen LogP contribution in [0, 0.1) is 11.3 Å². The molecule has 2 unspecified atom stereocenters. The fourth-order valence-corrected chi connectivity index (χ4v) is 1.43. The standard InChI is InChI=1S/C9H24N10/c10-6(4-19-9(15)16)5(3-18-8(13)14)1-2-17-7(11)12/h5-6H,1-4,10H2,(H4,11,12,17)(H4,13,14,18)(H4,15,16,19). The number of guanidine groups is 3. The summed E-state index contributed by atoms with van der Waals surface area (Å²) in [5.74, 6) is -0.134. The Bertz CT molecular complexity index is 328. The molecule has 0 radical (unpaired) electrons. The quantitative estimate of drug-likeness (QED) is 0.163. The van der Waals surface area contributed by atoms with Crippen molar-refractivity contribution in [1.82, 2.24) is 5.32 Å². The normalized spacial score (nSPS) is 13.1. The van der Waals surface area contributed by atoms with Crippen molar-refractivity contribution in [3.8, 4) is 0 Å². The Morgan fingerprint density at radius 1 is 1.05 bits per heavy atom. The number of nitrogens with one attached hydrogen (secondary N) is 2. The molecule has 0 aromatic rings. The van der Waals surface area contributed by atoms with Crippen molar-refractivity contribution in [1.29, 1.82) is 5.41 Å². The summed E-state index contributed by atoms with van der Waals surface area (Å²) >= 11 is 0. The third kappa shape index (κ3) is 9.47. The van der Waals surface area contributed by atoms with E-state index >= 15 is 0 Å². The second kappa shape index (κ2) is 8.80. The summed E-state index contributed by atoms with van der Waals surface area (Å²) in [6.07, 6.45) is 0.624. The molecule has 0 aliphatic heterocycles. The van der Waals surface area contributed by atoms with E-state index in [9.17, 15) is 0 Å². The monoisotopic (exact) mass is 272 g/mol. The van der Waals surface area contributed by atoms with Crippen molar-refractivity contribution < 1.29 is 0 Å². The number of rotatable bonds is 8. The molecular weight excluding hydrogens is 248 g/mol. The van der Waals surface area contributed by atoms with Gasteiger partial charge in [0.1, 0.15) is 0 Å². The van der Waals surface area contributed by atoms with Gasteiger partial charge in [-0.1, -0.05) is 0 Å². The van der Waals surface area contributed by atoms with E-state index in [2.05, 4.69) is 15.3 Å². The van der Waals surface area contributed by atoms with E-state index in [1.54, 1.807) is 0 Å². The average molecular weight is 272 g/mol. The van der Waals surface area contributed by atoms with E-state index in [1.165, 1.54) is 0 Å². The Morgan fingerprint density at radius 3 is 2.11 bits per heavy atom. The Morgan fingerprint density at radius 2 is 1.63 bits per heavy atom. The number of hydrogen-bond donors (Lipinski definition) is 8. The van der Waals surface area contributed by atoms with Crippen molar-refractivity contribution >= 4 is 17.9 Å². The number of nitrogens with two attached hydrogens (primary N) is 6. The summed E-state index contributed by atoms with van der Waals surface area (Å²) in [6, 6.07) is -0.289. The van der Waals surface area contributed by atoms with Gasteiger partial charge in [-0.2, -0.15) is 0 Å². The SMILES string of the molecule is N=C(N)NCC(CCN=C(N)N)C(N)CN=C(N)N. The molecule has 0 rings (SSSR count). The number of nitrogens with zero attached hydrogens (tertiary/aromatic N) is 2. The zero-order chi connectivity index (χ0) is 14.8. The lowest BCUT2D eigenvalue weighted by Gasteiger charge is -2.22. The molecule has 0 bridgehead atoms. The fraction of sp³-hybridized carbons (Fsp3) is 0.667. The van der Waals surface area contributed by atoms with E-state index in [0.29, 0.717) is 19.5 Å². The van der Waals surface area contributed by atoms with Gasteiger partial charge in [-0.25, -0.2) is 0 Å². The zero-order valence-corrected chi connectivity index (χ0v) is 10.8. The molecule has 2 atom stereocenters. The third-order valence-corrected chi connectivity index (χ3v) is 2.44. The van der Waals surface area contributed by atoms with Gasteiger partial charge in [-0.15, -0.1) is 0 Å². The molecule has 0 aromatic carbocycles. The number of hydrogen-bond acceptors (Lipinski definition) is 4. The predicted molar refractivity (Wildman–Crippen MR) is 77.4 cm³/mol. The molecule has 110 valence electrons. The maximum Gasteiger partial charge on any atom is 0.185 e. The minimum absolute atomic E-state index is 0.0158. The van der Waals surface area contributed by atoms with Crippen LogP contribution in [0.25, 0.3) is 0 Å². The second-order valence-corrected chi connectivity index (χ2v) is 4.08. The van der Waals surface area contributed by atoms with E-state index in [0.717, 1.165) is 0 Å². The van der Waals surface area contributed by atoms with Crippen molar-refractivity contribution in [2.24, 2.45) is 50.3 Å². The molecule has 0 heterocycles. The first-order chi connectivity index (χ1) is 8.82. The smallest absolute Gasteiger partial charge is 0.185 e. The van der Waals surface area contributed by atoms with Gasteiger partial charge in [0.2, 0.25) is 0 Å². The largest absolute Gasteiger partial charge is 0.370 e. The summed E-state index contributed by atoms with van der Waals surface area (Å²) in [5, 5.41) is 9.85. The van der Waals surface area contributed by atoms with E-state index < -0.39 is 0 Å². The van der Waals surface area contributed by atoms with Crippen LogP contribution < -0.4 is 39.7 Å². The molecule has 0 aliphatic rings. The minimum Gasteiger partial charge on any atom is -0.370 e. The van der Waals surface area contributed by atoms with Crippen molar-refractivity contribution in [2.45, 2.75) is 12.5 Å². The van der Waals surface area contributed by atoms with Gasteiger partial charge < -0.3 is 39.7 Å². The molecule has 0 spiro atoms. The average Bonchev–Trinajstić information content (AvgIpc) is 2.29.